The van der Waals surface area contributed by atoms with E-state index in [9.17, 15) is 0 Å². The summed E-state index contributed by atoms with van der Waals surface area (Å²) >= 11 is 1.75. The van der Waals surface area contributed by atoms with Crippen molar-refractivity contribution in [3.8, 4) is 0 Å². The maximum Gasteiger partial charge on any atom is 0.0897 e. The Balaban J connectivity index is 2.06. The summed E-state index contributed by atoms with van der Waals surface area (Å²) in [6.07, 6.45) is 5.10. The van der Waals surface area contributed by atoms with Crippen molar-refractivity contribution in [2.24, 2.45) is 0 Å². The third-order valence-electron chi connectivity index (χ3n) is 4.45. The number of thiazole rings is 1. The second-order valence-corrected chi connectivity index (χ2v) is 7.17. The minimum absolute atomic E-state index is 0.187. The summed E-state index contributed by atoms with van der Waals surface area (Å²) in [7, 11) is 2.08. The average molecular weight is 281 g/mol. The number of aromatic nitrogens is 1. The Labute approximate surface area is 121 Å². The zero-order valence-electron chi connectivity index (χ0n) is 12.7. The summed E-state index contributed by atoms with van der Waals surface area (Å²) in [5, 5.41) is 6.89. The molecule has 1 atom stereocenters. The molecule has 1 fully saturated rings. The van der Waals surface area contributed by atoms with Crippen LogP contribution in [0.15, 0.2) is 5.38 Å². The molecular formula is C15H27N3S. The molecule has 0 aromatic carbocycles. The van der Waals surface area contributed by atoms with Gasteiger partial charge < -0.3 is 5.32 Å². The van der Waals surface area contributed by atoms with Crippen molar-refractivity contribution in [3.63, 3.8) is 0 Å². The van der Waals surface area contributed by atoms with Gasteiger partial charge in [0.05, 0.1) is 10.7 Å². The largest absolute Gasteiger partial charge is 0.315 e. The van der Waals surface area contributed by atoms with E-state index in [4.69, 9.17) is 0 Å². The van der Waals surface area contributed by atoms with Gasteiger partial charge in [-0.3, -0.25) is 4.90 Å². The highest BCUT2D eigenvalue weighted by Gasteiger charge is 2.35. The molecular weight excluding hydrogens is 254 g/mol. The number of likely N-dealkylation sites (N-methyl/N-ethyl adjacent to an activating group) is 1. The minimum Gasteiger partial charge on any atom is -0.315 e. The summed E-state index contributed by atoms with van der Waals surface area (Å²) in [6, 6.07) is 0.451. The minimum atomic E-state index is 0.187. The average Bonchev–Trinajstić information content (AvgIpc) is 2.82. The Morgan fingerprint density at radius 3 is 2.58 bits per heavy atom. The third-order valence-corrected chi connectivity index (χ3v) is 5.27. The number of nitrogens with one attached hydrogen (secondary N) is 1. The second kappa shape index (κ2) is 6.33. The van der Waals surface area contributed by atoms with E-state index in [2.05, 4.69) is 48.4 Å². The first kappa shape index (κ1) is 14.9. The molecule has 0 bridgehead atoms. The zero-order valence-corrected chi connectivity index (χ0v) is 13.5. The fourth-order valence-electron chi connectivity index (χ4n) is 3.11. The smallest absolute Gasteiger partial charge is 0.0897 e. The molecule has 2 rings (SSSR count). The highest BCUT2D eigenvalue weighted by molar-refractivity contribution is 7.09. The Bertz CT molecular complexity index is 394. The van der Waals surface area contributed by atoms with Crippen molar-refractivity contribution in [2.75, 3.05) is 20.1 Å². The van der Waals surface area contributed by atoms with Gasteiger partial charge >= 0.3 is 0 Å². The lowest BCUT2D eigenvalue weighted by molar-refractivity contribution is 0.0633. The normalized spacial score (nSPS) is 19.6. The first-order chi connectivity index (χ1) is 9.04. The molecule has 1 saturated heterocycles. The maximum atomic E-state index is 4.62. The Kier molecular flexibility index (Phi) is 4.98. The van der Waals surface area contributed by atoms with Crippen LogP contribution in [0.4, 0.5) is 0 Å². The van der Waals surface area contributed by atoms with Crippen molar-refractivity contribution in [1.82, 2.24) is 15.2 Å². The predicted octanol–water partition coefficient (Wildman–Crippen LogP) is 2.85. The summed E-state index contributed by atoms with van der Waals surface area (Å²) < 4.78 is 0. The molecule has 2 heterocycles. The topological polar surface area (TPSA) is 28.2 Å². The highest BCUT2D eigenvalue weighted by Crippen LogP contribution is 2.26. The van der Waals surface area contributed by atoms with Crippen LogP contribution in [-0.2, 0) is 6.42 Å². The lowest BCUT2D eigenvalue weighted by atomic mass is 9.87. The number of piperidine rings is 1. The van der Waals surface area contributed by atoms with E-state index >= 15 is 0 Å². The van der Waals surface area contributed by atoms with E-state index in [0.29, 0.717) is 6.04 Å². The molecule has 1 aliphatic rings. The van der Waals surface area contributed by atoms with Crippen molar-refractivity contribution >= 4 is 11.3 Å². The quantitative estimate of drug-likeness (QED) is 0.899. The predicted molar refractivity (Wildman–Crippen MR) is 82.9 cm³/mol. The molecule has 0 radical (unpaired) electrons. The lowest BCUT2D eigenvalue weighted by Gasteiger charge is -2.46. The fraction of sp³-hybridized carbons (Fsp3) is 0.800. The monoisotopic (exact) mass is 281 g/mol. The summed E-state index contributed by atoms with van der Waals surface area (Å²) in [4.78, 5) is 7.27. The summed E-state index contributed by atoms with van der Waals surface area (Å²) in [6.45, 7) is 9.30. The first-order valence-electron chi connectivity index (χ1n) is 7.37. The molecule has 4 heteroatoms. The molecule has 0 spiro atoms. The Morgan fingerprint density at radius 2 is 2.05 bits per heavy atom. The van der Waals surface area contributed by atoms with E-state index in [-0.39, 0.29) is 5.54 Å². The van der Waals surface area contributed by atoms with Gasteiger partial charge in [-0.15, -0.1) is 11.3 Å². The van der Waals surface area contributed by atoms with Crippen LogP contribution in [0, 0.1) is 6.92 Å². The van der Waals surface area contributed by atoms with Gasteiger partial charge in [-0.1, -0.05) is 6.42 Å². The van der Waals surface area contributed by atoms with Gasteiger partial charge in [-0.05, 0) is 53.8 Å². The van der Waals surface area contributed by atoms with Crippen LogP contribution in [0.1, 0.15) is 43.8 Å². The van der Waals surface area contributed by atoms with Crippen molar-refractivity contribution in [1.29, 1.82) is 0 Å². The number of likely N-dealkylation sites (tertiary alicyclic amines) is 1. The van der Waals surface area contributed by atoms with Crippen LogP contribution in [-0.4, -0.2) is 41.6 Å². The SMILES string of the molecule is CNC(Cc1csc(C)n1)C(C)(C)N1CCCCC1. The molecule has 108 valence electrons. The Morgan fingerprint density at radius 1 is 1.37 bits per heavy atom. The zero-order chi connectivity index (χ0) is 13.9. The number of nitrogens with zero attached hydrogens (tertiary/aromatic N) is 2. The van der Waals surface area contributed by atoms with Crippen LogP contribution < -0.4 is 5.32 Å². The van der Waals surface area contributed by atoms with Crippen LogP contribution in [0.5, 0.6) is 0 Å². The molecule has 0 aliphatic carbocycles. The Hall–Kier alpha value is -0.450. The second-order valence-electron chi connectivity index (χ2n) is 6.10. The lowest BCUT2D eigenvalue weighted by Crippen LogP contribution is -2.59. The summed E-state index contributed by atoms with van der Waals surface area (Å²) in [5.41, 5.74) is 1.42. The fourth-order valence-corrected chi connectivity index (χ4v) is 3.73. The van der Waals surface area contributed by atoms with Gasteiger partial charge in [0, 0.05) is 23.4 Å². The van der Waals surface area contributed by atoms with Crippen LogP contribution in [0.3, 0.4) is 0 Å². The van der Waals surface area contributed by atoms with Gasteiger partial charge in [0.2, 0.25) is 0 Å². The molecule has 19 heavy (non-hydrogen) atoms. The van der Waals surface area contributed by atoms with E-state index < -0.39 is 0 Å². The van der Waals surface area contributed by atoms with Crippen molar-refractivity contribution in [2.45, 2.75) is 58.0 Å². The first-order valence-corrected chi connectivity index (χ1v) is 8.25. The number of hydrogen-bond acceptors (Lipinski definition) is 4. The molecule has 1 aliphatic heterocycles. The van der Waals surface area contributed by atoms with E-state index in [1.54, 1.807) is 11.3 Å². The highest BCUT2D eigenvalue weighted by atomic mass is 32.1. The van der Waals surface area contributed by atoms with Gasteiger partial charge in [-0.25, -0.2) is 4.98 Å². The van der Waals surface area contributed by atoms with Gasteiger partial charge in [-0.2, -0.15) is 0 Å². The number of aryl methyl sites for hydroxylation is 1. The standard InChI is InChI=1S/C15H27N3S/c1-12-17-13(11-19-12)10-14(16-4)15(2,3)18-8-6-5-7-9-18/h11,14,16H,5-10H2,1-4H3. The molecule has 1 aromatic heterocycles. The van der Waals surface area contributed by atoms with Crippen LogP contribution >= 0.6 is 11.3 Å². The van der Waals surface area contributed by atoms with Crippen LogP contribution in [0.2, 0.25) is 0 Å². The maximum absolute atomic E-state index is 4.62. The van der Waals surface area contributed by atoms with E-state index in [1.165, 1.54) is 43.1 Å². The number of hydrogen-bond donors (Lipinski definition) is 1. The van der Waals surface area contributed by atoms with E-state index in [1.807, 2.05) is 0 Å². The van der Waals surface area contributed by atoms with Gasteiger partial charge in [0.15, 0.2) is 0 Å². The van der Waals surface area contributed by atoms with Gasteiger partial charge in [0.25, 0.3) is 0 Å². The van der Waals surface area contributed by atoms with Gasteiger partial charge in [0.1, 0.15) is 0 Å². The number of rotatable bonds is 5. The molecule has 0 amide bonds. The van der Waals surface area contributed by atoms with Crippen molar-refractivity contribution < 1.29 is 0 Å². The molecule has 1 aromatic rings. The van der Waals surface area contributed by atoms with Crippen molar-refractivity contribution in [3.05, 3.63) is 16.1 Å². The third kappa shape index (κ3) is 3.56. The molecule has 3 nitrogen and oxygen atoms in total. The molecule has 1 unspecified atom stereocenters. The van der Waals surface area contributed by atoms with E-state index in [0.717, 1.165) is 6.42 Å². The summed E-state index contributed by atoms with van der Waals surface area (Å²) in [5.74, 6) is 0. The molecule has 1 N–H and O–H groups in total. The molecule has 0 saturated carbocycles. The van der Waals surface area contributed by atoms with Crippen LogP contribution in [0.25, 0.3) is 0 Å².